The molecule has 5 rings (SSSR count). The quantitative estimate of drug-likeness (QED) is 0.296. The molecule has 3 aromatic heterocycles. The van der Waals surface area contributed by atoms with E-state index in [1.54, 1.807) is 23.3 Å². The molecular weight excluding hydrogens is 480 g/mol. The van der Waals surface area contributed by atoms with Gasteiger partial charge >= 0.3 is 5.97 Å². The molecule has 2 atom stereocenters. The minimum atomic E-state index is -0.0892. The summed E-state index contributed by atoms with van der Waals surface area (Å²) in [5, 5.41) is 7.72. The fraction of sp³-hybridized carbons (Fsp3) is 0.345. The summed E-state index contributed by atoms with van der Waals surface area (Å²) in [5.41, 5.74) is 6.13. The van der Waals surface area contributed by atoms with Crippen LogP contribution in [0.5, 0.6) is 5.88 Å². The predicted molar refractivity (Wildman–Crippen MR) is 145 cm³/mol. The Hall–Kier alpha value is -4.27. The maximum absolute atomic E-state index is 12.1. The summed E-state index contributed by atoms with van der Waals surface area (Å²) in [6, 6.07) is 10.4. The van der Waals surface area contributed by atoms with Crippen LogP contribution in [0.4, 0.5) is 11.6 Å². The van der Waals surface area contributed by atoms with Crippen molar-refractivity contribution >= 4 is 17.6 Å². The lowest BCUT2D eigenvalue weighted by molar-refractivity contribution is -0.144. The van der Waals surface area contributed by atoms with Crippen molar-refractivity contribution in [1.29, 1.82) is 0 Å². The van der Waals surface area contributed by atoms with Gasteiger partial charge in [-0.05, 0) is 62.8 Å². The largest absolute Gasteiger partial charge is 0.474 e. The third-order valence-electron chi connectivity index (χ3n) is 6.58. The Kier molecular flexibility index (Phi) is 7.09. The monoisotopic (exact) mass is 512 g/mol. The first-order valence-corrected chi connectivity index (χ1v) is 12.9. The van der Waals surface area contributed by atoms with Gasteiger partial charge in [0, 0.05) is 18.8 Å². The second-order valence-electron chi connectivity index (χ2n) is 9.77. The Morgan fingerprint density at radius 3 is 2.66 bits per heavy atom. The van der Waals surface area contributed by atoms with Crippen molar-refractivity contribution in [2.24, 2.45) is 13.0 Å². The number of pyridine rings is 1. The van der Waals surface area contributed by atoms with Gasteiger partial charge in [-0.3, -0.25) is 19.4 Å². The third kappa shape index (κ3) is 5.37. The number of esters is 1. The molecule has 0 radical (unpaired) electrons. The van der Waals surface area contributed by atoms with Crippen molar-refractivity contribution in [3.63, 3.8) is 0 Å². The van der Waals surface area contributed by atoms with E-state index in [0.29, 0.717) is 18.3 Å². The number of aromatic nitrogens is 5. The molecule has 1 saturated carbocycles. The highest BCUT2D eigenvalue weighted by Crippen LogP contribution is 2.49. The summed E-state index contributed by atoms with van der Waals surface area (Å²) in [7, 11) is 1.86. The molecule has 9 heteroatoms. The molecular formula is C29H32N6O3. The molecule has 9 nitrogen and oxygen atoms in total. The summed E-state index contributed by atoms with van der Waals surface area (Å²) in [6.45, 7) is 8.26. The topological polar surface area (TPSA) is 104 Å². The molecule has 1 fully saturated rings. The van der Waals surface area contributed by atoms with Gasteiger partial charge in [-0.1, -0.05) is 24.3 Å². The second-order valence-corrected chi connectivity index (χ2v) is 9.77. The number of benzene rings is 1. The fourth-order valence-corrected chi connectivity index (χ4v) is 4.64. The van der Waals surface area contributed by atoms with Crippen molar-refractivity contribution in [2.75, 3.05) is 11.9 Å². The molecule has 0 bridgehead atoms. The van der Waals surface area contributed by atoms with E-state index in [9.17, 15) is 4.79 Å². The van der Waals surface area contributed by atoms with Crippen LogP contribution in [0.3, 0.4) is 0 Å². The normalized spacial score (nSPS) is 16.4. The molecule has 4 aromatic rings. The van der Waals surface area contributed by atoms with E-state index < -0.39 is 0 Å². The Morgan fingerprint density at radius 1 is 1.13 bits per heavy atom. The van der Waals surface area contributed by atoms with Gasteiger partial charge < -0.3 is 14.8 Å². The van der Waals surface area contributed by atoms with Gasteiger partial charge in [-0.2, -0.15) is 10.1 Å². The van der Waals surface area contributed by atoms with Gasteiger partial charge in [0.15, 0.2) is 5.82 Å². The van der Waals surface area contributed by atoms with Crippen LogP contribution in [0.25, 0.3) is 22.4 Å². The number of rotatable bonds is 9. The minimum Gasteiger partial charge on any atom is -0.474 e. The third-order valence-corrected chi connectivity index (χ3v) is 6.58. The van der Waals surface area contributed by atoms with Crippen molar-refractivity contribution in [2.45, 2.75) is 46.1 Å². The van der Waals surface area contributed by atoms with Gasteiger partial charge in [-0.15, -0.1) is 0 Å². The molecule has 38 heavy (non-hydrogen) atoms. The van der Waals surface area contributed by atoms with E-state index in [1.165, 1.54) is 11.1 Å². The summed E-state index contributed by atoms with van der Waals surface area (Å²) < 4.78 is 12.6. The van der Waals surface area contributed by atoms with E-state index in [1.807, 2.05) is 40.1 Å². The lowest BCUT2D eigenvalue weighted by Crippen LogP contribution is -2.08. The number of carbonyl (C=O) groups is 1. The van der Waals surface area contributed by atoms with Gasteiger partial charge in [0.2, 0.25) is 5.88 Å². The molecule has 1 aromatic carbocycles. The highest BCUT2D eigenvalue weighted by molar-refractivity contribution is 5.78. The van der Waals surface area contributed by atoms with Crippen molar-refractivity contribution < 1.29 is 14.3 Å². The Balaban J connectivity index is 1.33. The van der Waals surface area contributed by atoms with E-state index in [4.69, 9.17) is 14.5 Å². The summed E-state index contributed by atoms with van der Waals surface area (Å²) in [6.07, 6.45) is 7.74. The zero-order chi connectivity index (χ0) is 26.8. The first-order valence-electron chi connectivity index (χ1n) is 12.9. The van der Waals surface area contributed by atoms with Gasteiger partial charge in [0.25, 0.3) is 0 Å². The average molecular weight is 513 g/mol. The van der Waals surface area contributed by atoms with Crippen LogP contribution >= 0.6 is 0 Å². The van der Waals surface area contributed by atoms with Crippen molar-refractivity contribution in [1.82, 2.24) is 24.7 Å². The van der Waals surface area contributed by atoms with Crippen LogP contribution in [-0.4, -0.2) is 43.4 Å². The number of carbonyl (C=O) groups excluding carboxylic acids is 1. The standard InChI is InChI=1S/C29H32N6O3/c1-6-37-29(36)23-12-22(23)21-9-7-19(11-18(21)4)20-8-10-25(31-13-20)24-14-32-35(5)28(24)34-26-15-30-16-27(33-26)38-17(2)3/h7-11,13-17,22-23H,6,12H2,1-5H3,(H,33,34). The molecule has 1 aliphatic carbocycles. The highest BCUT2D eigenvalue weighted by Gasteiger charge is 2.45. The number of nitrogens with one attached hydrogen (secondary N) is 1. The molecule has 0 amide bonds. The van der Waals surface area contributed by atoms with E-state index >= 15 is 0 Å². The second kappa shape index (κ2) is 10.6. The molecule has 0 aliphatic heterocycles. The molecule has 0 spiro atoms. The molecule has 1 aliphatic rings. The number of aryl methyl sites for hydroxylation is 2. The van der Waals surface area contributed by atoms with Crippen LogP contribution in [0.2, 0.25) is 0 Å². The van der Waals surface area contributed by atoms with Gasteiger partial charge in [0.1, 0.15) is 5.82 Å². The predicted octanol–water partition coefficient (Wildman–Crippen LogP) is 5.44. The number of nitrogens with zero attached hydrogens (tertiary/aromatic N) is 5. The fourth-order valence-electron chi connectivity index (χ4n) is 4.64. The summed E-state index contributed by atoms with van der Waals surface area (Å²) in [5.74, 6) is 1.91. The maximum atomic E-state index is 12.1. The number of anilines is 2. The van der Waals surface area contributed by atoms with Crippen LogP contribution in [0, 0.1) is 12.8 Å². The summed E-state index contributed by atoms with van der Waals surface area (Å²) in [4.78, 5) is 25.5. The van der Waals surface area contributed by atoms with Crippen LogP contribution in [0.1, 0.15) is 44.2 Å². The van der Waals surface area contributed by atoms with Gasteiger partial charge in [0.05, 0.1) is 48.5 Å². The lowest BCUT2D eigenvalue weighted by atomic mass is 9.97. The van der Waals surface area contributed by atoms with E-state index in [0.717, 1.165) is 34.6 Å². The van der Waals surface area contributed by atoms with Crippen LogP contribution in [0.15, 0.2) is 55.1 Å². The zero-order valence-corrected chi connectivity index (χ0v) is 22.3. The maximum Gasteiger partial charge on any atom is 0.309 e. The molecule has 2 unspecified atom stereocenters. The van der Waals surface area contributed by atoms with E-state index in [2.05, 4.69) is 51.6 Å². The van der Waals surface area contributed by atoms with Crippen molar-refractivity contribution in [3.05, 3.63) is 66.2 Å². The molecule has 0 saturated heterocycles. The Bertz CT molecular complexity index is 1450. The number of hydrogen-bond acceptors (Lipinski definition) is 8. The van der Waals surface area contributed by atoms with Gasteiger partial charge in [-0.25, -0.2) is 0 Å². The average Bonchev–Trinajstić information content (AvgIpc) is 3.61. The van der Waals surface area contributed by atoms with Crippen LogP contribution in [-0.2, 0) is 16.6 Å². The first-order chi connectivity index (χ1) is 18.3. The number of hydrogen-bond donors (Lipinski definition) is 1. The van der Waals surface area contributed by atoms with Crippen LogP contribution < -0.4 is 10.1 Å². The number of ether oxygens (including phenoxy) is 2. The zero-order valence-electron chi connectivity index (χ0n) is 22.3. The molecule has 196 valence electrons. The SMILES string of the molecule is CCOC(=O)C1CC1c1ccc(-c2ccc(-c3cnn(C)c3Nc3cncc(OC(C)C)n3)nc2)cc1C. The molecule has 1 N–H and O–H groups in total. The molecule has 3 heterocycles. The first kappa shape index (κ1) is 25.4. The summed E-state index contributed by atoms with van der Waals surface area (Å²) >= 11 is 0. The van der Waals surface area contributed by atoms with Crippen molar-refractivity contribution in [3.8, 4) is 28.3 Å². The Labute approximate surface area is 222 Å². The highest BCUT2D eigenvalue weighted by atomic mass is 16.5. The Morgan fingerprint density at radius 2 is 1.95 bits per heavy atom. The van der Waals surface area contributed by atoms with E-state index in [-0.39, 0.29) is 23.9 Å². The minimum absolute atomic E-state index is 0.00439. The smallest absolute Gasteiger partial charge is 0.309 e. The lowest BCUT2D eigenvalue weighted by Gasteiger charge is -2.12.